The van der Waals surface area contributed by atoms with Crippen LogP contribution >= 0.6 is 0 Å². The Morgan fingerprint density at radius 2 is 1.00 bits per heavy atom. The van der Waals surface area contributed by atoms with Gasteiger partial charge >= 0.3 is 12.4 Å². The van der Waals surface area contributed by atoms with Crippen molar-refractivity contribution < 1.29 is 26.3 Å². The second-order valence-corrected chi connectivity index (χ2v) is 11.2. The van der Waals surface area contributed by atoms with Crippen LogP contribution in [0.1, 0.15) is 66.5 Å². The maximum atomic E-state index is 13.3. The predicted octanol–water partition coefficient (Wildman–Crippen LogP) is 5.83. The van der Waals surface area contributed by atoms with Crippen molar-refractivity contribution in [3.05, 3.63) is 49.8 Å². The molecular weight excluding hydrogens is 526 g/mol. The molecule has 2 aromatic rings. The normalized spacial score (nSPS) is 20.4. The SMILES string of the molecule is CC(C)N(C(C)C)C1C(Nc2c(Nc3cc(C(F)(F)F)cc(C(F)(F)F)c3)c(=O)c2=O)C1N(C(C)C)C(C)C. The molecule has 1 aliphatic carbocycles. The molecule has 0 bridgehead atoms. The number of hydrogen-bond acceptors (Lipinski definition) is 6. The maximum Gasteiger partial charge on any atom is 0.416 e. The highest BCUT2D eigenvalue weighted by molar-refractivity contribution is 5.80. The second-order valence-electron chi connectivity index (χ2n) is 11.2. The lowest BCUT2D eigenvalue weighted by Gasteiger charge is -2.35. The summed E-state index contributed by atoms with van der Waals surface area (Å²) in [5, 5.41) is 5.50. The van der Waals surface area contributed by atoms with Gasteiger partial charge in [0, 0.05) is 41.9 Å². The largest absolute Gasteiger partial charge is 0.416 e. The van der Waals surface area contributed by atoms with Crippen molar-refractivity contribution in [1.82, 2.24) is 9.80 Å². The molecule has 3 rings (SSSR count). The summed E-state index contributed by atoms with van der Waals surface area (Å²) in [5.74, 6) is 0. The number of rotatable bonds is 10. The maximum absolute atomic E-state index is 13.3. The minimum Gasteiger partial charge on any atom is -0.374 e. The Kier molecular flexibility index (Phi) is 8.53. The lowest BCUT2D eigenvalue weighted by atomic mass is 10.1. The summed E-state index contributed by atoms with van der Waals surface area (Å²) in [5.41, 5.74) is -6.00. The Balaban J connectivity index is 2.00. The molecule has 1 saturated carbocycles. The van der Waals surface area contributed by atoms with E-state index in [-0.39, 0.29) is 59.7 Å². The van der Waals surface area contributed by atoms with Gasteiger partial charge in [-0.3, -0.25) is 19.4 Å². The van der Waals surface area contributed by atoms with Gasteiger partial charge in [-0.1, -0.05) is 0 Å². The van der Waals surface area contributed by atoms with Crippen molar-refractivity contribution in [3.8, 4) is 0 Å². The van der Waals surface area contributed by atoms with Crippen molar-refractivity contribution in [2.45, 2.75) is 110 Å². The van der Waals surface area contributed by atoms with E-state index in [1.165, 1.54) is 0 Å². The molecule has 0 aliphatic heterocycles. The fraction of sp³-hybridized carbons (Fsp3) is 0.630. The van der Waals surface area contributed by atoms with Crippen LogP contribution in [0.3, 0.4) is 0 Å². The van der Waals surface area contributed by atoms with Gasteiger partial charge in [-0.05, 0) is 73.6 Å². The number of nitrogens with zero attached hydrogens (tertiary/aromatic N) is 2. The summed E-state index contributed by atoms with van der Waals surface area (Å²) in [7, 11) is 0. The topological polar surface area (TPSA) is 64.7 Å². The first-order valence-electron chi connectivity index (χ1n) is 13.0. The van der Waals surface area contributed by atoms with Crippen molar-refractivity contribution in [2.24, 2.45) is 0 Å². The third kappa shape index (κ3) is 6.26. The summed E-state index contributed by atoms with van der Waals surface area (Å²) in [6, 6.07) is 1.20. The molecule has 2 atom stereocenters. The molecule has 0 radical (unpaired) electrons. The van der Waals surface area contributed by atoms with Gasteiger partial charge in [0.2, 0.25) is 0 Å². The number of benzene rings is 1. The molecule has 0 heterocycles. The fourth-order valence-electron chi connectivity index (χ4n) is 5.73. The van der Waals surface area contributed by atoms with E-state index >= 15 is 0 Å². The molecule has 2 N–H and O–H groups in total. The molecule has 12 heteroatoms. The van der Waals surface area contributed by atoms with E-state index < -0.39 is 40.0 Å². The molecule has 1 aliphatic rings. The van der Waals surface area contributed by atoms with Crippen molar-refractivity contribution in [2.75, 3.05) is 10.6 Å². The average molecular weight is 563 g/mol. The summed E-state index contributed by atoms with van der Waals surface area (Å²) in [6.07, 6.45) is -10.1. The van der Waals surface area contributed by atoms with Crippen LogP contribution in [-0.2, 0) is 12.4 Å². The van der Waals surface area contributed by atoms with Crippen LogP contribution < -0.4 is 21.5 Å². The van der Waals surface area contributed by atoms with Gasteiger partial charge in [-0.2, -0.15) is 26.3 Å². The highest BCUT2D eigenvalue weighted by Gasteiger charge is 2.59. The Morgan fingerprint density at radius 3 is 1.33 bits per heavy atom. The molecule has 0 spiro atoms. The van der Waals surface area contributed by atoms with Crippen LogP contribution in [0.5, 0.6) is 0 Å². The van der Waals surface area contributed by atoms with Gasteiger partial charge in [-0.15, -0.1) is 0 Å². The minimum atomic E-state index is -5.05. The Morgan fingerprint density at radius 1 is 0.641 bits per heavy atom. The Hall–Kier alpha value is -2.60. The van der Waals surface area contributed by atoms with Crippen molar-refractivity contribution >= 4 is 17.1 Å². The van der Waals surface area contributed by atoms with E-state index in [0.717, 1.165) is 0 Å². The van der Waals surface area contributed by atoms with E-state index in [9.17, 15) is 35.9 Å². The van der Waals surface area contributed by atoms with Gasteiger partial charge in [-0.25, -0.2) is 0 Å². The monoisotopic (exact) mass is 562 g/mol. The highest BCUT2D eigenvalue weighted by Crippen LogP contribution is 2.42. The molecule has 6 nitrogen and oxygen atoms in total. The highest BCUT2D eigenvalue weighted by atomic mass is 19.4. The first-order valence-corrected chi connectivity index (χ1v) is 13.0. The fourth-order valence-corrected chi connectivity index (χ4v) is 5.73. The van der Waals surface area contributed by atoms with Crippen LogP contribution in [0.4, 0.5) is 43.4 Å². The van der Waals surface area contributed by atoms with Crippen LogP contribution in [0, 0.1) is 0 Å². The van der Waals surface area contributed by atoms with Gasteiger partial charge in [0.15, 0.2) is 0 Å². The van der Waals surface area contributed by atoms with E-state index in [0.29, 0.717) is 12.1 Å². The second kappa shape index (κ2) is 10.8. The Bertz CT molecular complexity index is 1170. The van der Waals surface area contributed by atoms with E-state index in [4.69, 9.17) is 0 Å². The molecule has 0 amide bonds. The van der Waals surface area contributed by atoms with Crippen LogP contribution in [0.15, 0.2) is 27.8 Å². The lowest BCUT2D eigenvalue weighted by molar-refractivity contribution is -0.143. The molecule has 2 unspecified atom stereocenters. The zero-order valence-corrected chi connectivity index (χ0v) is 23.3. The van der Waals surface area contributed by atoms with Gasteiger partial charge < -0.3 is 10.6 Å². The predicted molar refractivity (Wildman–Crippen MR) is 140 cm³/mol. The number of halogens is 6. The first-order chi connectivity index (χ1) is 17.8. The van der Waals surface area contributed by atoms with Gasteiger partial charge in [0.25, 0.3) is 10.9 Å². The molecular formula is C27H36F6N4O2. The van der Waals surface area contributed by atoms with Crippen LogP contribution in [-0.4, -0.2) is 52.1 Å². The van der Waals surface area contributed by atoms with Gasteiger partial charge in [0.1, 0.15) is 11.4 Å². The summed E-state index contributed by atoms with van der Waals surface area (Å²) in [4.78, 5) is 29.6. The zero-order valence-electron chi connectivity index (χ0n) is 23.3. The molecule has 218 valence electrons. The number of hydrogen-bond donors (Lipinski definition) is 2. The van der Waals surface area contributed by atoms with Crippen molar-refractivity contribution in [1.29, 1.82) is 0 Å². The number of anilines is 3. The summed E-state index contributed by atoms with van der Waals surface area (Å²) in [6.45, 7) is 16.4. The van der Waals surface area contributed by atoms with Crippen LogP contribution in [0.25, 0.3) is 0 Å². The molecule has 0 aromatic heterocycles. The molecule has 39 heavy (non-hydrogen) atoms. The summed E-state index contributed by atoms with van der Waals surface area (Å²) >= 11 is 0. The van der Waals surface area contributed by atoms with Crippen molar-refractivity contribution in [3.63, 3.8) is 0 Å². The molecule has 0 saturated heterocycles. The van der Waals surface area contributed by atoms with Crippen LogP contribution in [0.2, 0.25) is 0 Å². The van der Waals surface area contributed by atoms with E-state index in [1.807, 2.05) is 0 Å². The van der Waals surface area contributed by atoms with E-state index in [2.05, 4.69) is 75.8 Å². The third-order valence-corrected chi connectivity index (χ3v) is 7.10. The minimum absolute atomic E-state index is 0.00466. The third-order valence-electron chi connectivity index (χ3n) is 7.10. The zero-order chi connectivity index (χ0) is 29.8. The smallest absolute Gasteiger partial charge is 0.374 e. The number of nitrogens with one attached hydrogen (secondary N) is 2. The molecule has 1 fully saturated rings. The Labute approximate surface area is 224 Å². The lowest BCUT2D eigenvalue weighted by Crippen LogP contribution is -2.46. The average Bonchev–Trinajstić information content (AvgIpc) is 3.44. The first kappa shape index (κ1) is 30.9. The standard InChI is InChI=1S/C27H36F6N4O2/c1-12(2)36(13(3)4)22-21(23(22)37(14(5)6)15(7)8)35-20-19(24(38)25(20)39)34-18-10-16(26(28,29)30)9-17(11-18)27(31,32)33/h9-15,21-23,34-35H,1-8H3. The number of alkyl halides is 6. The quantitative estimate of drug-likeness (QED) is 0.281. The molecule has 2 aromatic carbocycles. The summed E-state index contributed by atoms with van der Waals surface area (Å²) < 4.78 is 79.9. The van der Waals surface area contributed by atoms with E-state index in [1.54, 1.807) is 0 Å². The van der Waals surface area contributed by atoms with Gasteiger partial charge in [0.05, 0.1) is 17.2 Å².